The van der Waals surface area contributed by atoms with Crippen LogP contribution in [0.25, 0.3) is 0 Å². The number of aromatic nitrogens is 1. The number of hydrogen-bond donors (Lipinski definition) is 1. The number of thioether (sulfide) groups is 1. The van der Waals surface area contributed by atoms with Gasteiger partial charge in [0.15, 0.2) is 0 Å². The van der Waals surface area contributed by atoms with E-state index in [1.807, 2.05) is 0 Å². The van der Waals surface area contributed by atoms with Crippen molar-refractivity contribution in [2.24, 2.45) is 0 Å². The van der Waals surface area contributed by atoms with Crippen molar-refractivity contribution in [2.45, 2.75) is 10.5 Å². The van der Waals surface area contributed by atoms with Gasteiger partial charge in [0.25, 0.3) is 5.91 Å². The van der Waals surface area contributed by atoms with E-state index in [4.69, 9.17) is 0 Å². The lowest BCUT2D eigenvalue weighted by molar-refractivity contribution is -0.0329. The maximum atomic E-state index is 13.4. The molecule has 0 atom stereocenters. The van der Waals surface area contributed by atoms with E-state index in [0.29, 0.717) is 0 Å². The zero-order valence-electron chi connectivity index (χ0n) is 10.9. The van der Waals surface area contributed by atoms with E-state index >= 15 is 0 Å². The first-order valence-electron chi connectivity index (χ1n) is 5.84. The normalized spacial score (nSPS) is 11.4. The molecule has 10 heteroatoms. The number of amides is 1. The maximum Gasteiger partial charge on any atom is 0.447 e. The second kappa shape index (κ2) is 6.99. The van der Waals surface area contributed by atoms with Gasteiger partial charge in [-0.2, -0.15) is 13.2 Å². The van der Waals surface area contributed by atoms with Gasteiger partial charge in [0.05, 0.1) is 9.13 Å². The van der Waals surface area contributed by atoms with Crippen LogP contribution in [0.1, 0.15) is 10.4 Å². The number of hydrogen-bond acceptors (Lipinski definition) is 3. The van der Waals surface area contributed by atoms with E-state index in [9.17, 15) is 26.7 Å². The van der Waals surface area contributed by atoms with Gasteiger partial charge in [0.1, 0.15) is 16.7 Å². The lowest BCUT2D eigenvalue weighted by atomic mass is 10.2. The lowest BCUT2D eigenvalue weighted by Crippen LogP contribution is -2.15. The number of alkyl halides is 3. The van der Waals surface area contributed by atoms with E-state index < -0.39 is 39.8 Å². The molecule has 3 nitrogen and oxygen atoms in total. The van der Waals surface area contributed by atoms with Gasteiger partial charge in [-0.1, -0.05) is 0 Å². The Hall–Kier alpha value is -1.43. The molecule has 0 bridgehead atoms. The van der Waals surface area contributed by atoms with Crippen LogP contribution in [0.2, 0.25) is 0 Å². The largest absolute Gasteiger partial charge is 0.447 e. The molecular formula is C13H6F5IN2OS. The quantitative estimate of drug-likeness (QED) is 0.309. The van der Waals surface area contributed by atoms with Gasteiger partial charge in [0, 0.05) is 23.6 Å². The third-order valence-corrected chi connectivity index (χ3v) is 4.25. The average Bonchev–Trinajstić information content (AvgIpc) is 2.43. The Kier molecular flexibility index (Phi) is 5.45. The third kappa shape index (κ3) is 4.77. The summed E-state index contributed by atoms with van der Waals surface area (Å²) in [5.74, 6) is -2.74. The van der Waals surface area contributed by atoms with Gasteiger partial charge >= 0.3 is 5.51 Å². The van der Waals surface area contributed by atoms with Gasteiger partial charge < -0.3 is 5.32 Å². The second-order valence-electron chi connectivity index (χ2n) is 4.11. The number of nitrogens with zero attached hydrogens (tertiary/aromatic N) is 1. The van der Waals surface area contributed by atoms with E-state index in [0.717, 1.165) is 24.4 Å². The first-order valence-corrected chi connectivity index (χ1v) is 7.73. The zero-order chi connectivity index (χ0) is 17.2. The van der Waals surface area contributed by atoms with Crippen molar-refractivity contribution in [3.8, 4) is 0 Å². The number of carbonyl (C=O) groups excluding carboxylic acids is 1. The Morgan fingerprint density at radius 3 is 2.39 bits per heavy atom. The SMILES string of the molecule is O=C(Nc1cc(F)c(I)c(F)c1)c1cccnc1SC(F)(F)F. The van der Waals surface area contributed by atoms with Crippen molar-refractivity contribution >= 4 is 45.9 Å². The van der Waals surface area contributed by atoms with Gasteiger partial charge in [-0.3, -0.25) is 4.79 Å². The molecule has 2 rings (SSSR count). The Bertz CT molecular complexity index is 730. The third-order valence-electron chi connectivity index (χ3n) is 2.47. The van der Waals surface area contributed by atoms with Crippen LogP contribution in [-0.2, 0) is 0 Å². The Morgan fingerprint density at radius 2 is 1.83 bits per heavy atom. The Morgan fingerprint density at radius 1 is 1.22 bits per heavy atom. The molecule has 0 radical (unpaired) electrons. The van der Waals surface area contributed by atoms with Crippen LogP contribution in [0.3, 0.4) is 0 Å². The van der Waals surface area contributed by atoms with Crippen LogP contribution in [-0.4, -0.2) is 16.4 Å². The van der Waals surface area contributed by atoms with Crippen LogP contribution >= 0.6 is 34.4 Å². The summed E-state index contributed by atoms with van der Waals surface area (Å²) >= 11 is 0.903. The molecule has 1 aromatic carbocycles. The predicted molar refractivity (Wildman–Crippen MR) is 83.2 cm³/mol. The van der Waals surface area contributed by atoms with Crippen LogP contribution in [0.5, 0.6) is 0 Å². The highest BCUT2D eigenvalue weighted by atomic mass is 127. The van der Waals surface area contributed by atoms with Gasteiger partial charge in [0.2, 0.25) is 0 Å². The fourth-order valence-electron chi connectivity index (χ4n) is 1.58. The number of halogens is 6. The lowest BCUT2D eigenvalue weighted by Gasteiger charge is -2.11. The van der Waals surface area contributed by atoms with E-state index in [1.54, 1.807) is 0 Å². The van der Waals surface area contributed by atoms with Crippen LogP contribution in [0, 0.1) is 15.2 Å². The Labute approximate surface area is 144 Å². The van der Waals surface area contributed by atoms with Crippen molar-refractivity contribution in [2.75, 3.05) is 5.32 Å². The van der Waals surface area contributed by atoms with Crippen molar-refractivity contribution in [1.29, 1.82) is 0 Å². The highest BCUT2D eigenvalue weighted by Gasteiger charge is 2.32. The minimum Gasteiger partial charge on any atom is -0.322 e. The van der Waals surface area contributed by atoms with Gasteiger partial charge in [-0.05, 0) is 46.9 Å². The van der Waals surface area contributed by atoms with E-state index in [-0.39, 0.29) is 14.8 Å². The number of rotatable bonds is 3. The molecule has 0 aliphatic carbocycles. The summed E-state index contributed by atoms with van der Waals surface area (Å²) in [4.78, 5) is 15.6. The summed E-state index contributed by atoms with van der Waals surface area (Å²) in [5, 5.41) is 1.60. The molecule has 0 aliphatic heterocycles. The standard InChI is InChI=1S/C13H6F5IN2OS/c14-8-4-6(5-9(15)10(8)19)21-11(22)7-2-1-3-20-12(7)23-13(16,17)18/h1-5H,(H,21,22). The molecule has 0 saturated carbocycles. The van der Waals surface area contributed by atoms with E-state index in [1.165, 1.54) is 28.7 Å². The van der Waals surface area contributed by atoms with Crippen molar-refractivity contribution in [3.05, 3.63) is 51.2 Å². The minimum atomic E-state index is -4.62. The van der Waals surface area contributed by atoms with Gasteiger partial charge in [-0.25, -0.2) is 13.8 Å². The molecule has 1 amide bonds. The molecule has 23 heavy (non-hydrogen) atoms. The van der Waals surface area contributed by atoms with E-state index in [2.05, 4.69) is 10.3 Å². The molecule has 2 aromatic rings. The number of anilines is 1. The molecular weight excluding hydrogens is 454 g/mol. The zero-order valence-corrected chi connectivity index (χ0v) is 13.9. The molecule has 1 aromatic heterocycles. The van der Waals surface area contributed by atoms with Crippen LogP contribution in [0.15, 0.2) is 35.5 Å². The monoisotopic (exact) mass is 460 g/mol. The highest BCUT2D eigenvalue weighted by Crippen LogP contribution is 2.37. The number of benzene rings is 1. The topological polar surface area (TPSA) is 42.0 Å². The maximum absolute atomic E-state index is 13.4. The summed E-state index contributed by atoms with van der Waals surface area (Å²) in [6, 6.07) is 4.16. The Balaban J connectivity index is 2.28. The van der Waals surface area contributed by atoms with Gasteiger partial charge in [-0.15, -0.1) is 0 Å². The number of nitrogens with one attached hydrogen (secondary N) is 1. The molecule has 0 unspecified atom stereocenters. The molecule has 1 heterocycles. The molecule has 0 fully saturated rings. The highest BCUT2D eigenvalue weighted by molar-refractivity contribution is 14.1. The number of pyridine rings is 1. The summed E-state index contributed by atoms with van der Waals surface area (Å²) in [7, 11) is 0. The predicted octanol–water partition coefficient (Wildman–Crippen LogP) is 4.83. The number of carbonyl (C=O) groups is 1. The van der Waals surface area contributed by atoms with Crippen LogP contribution < -0.4 is 5.32 Å². The minimum absolute atomic E-state index is 0.211. The van der Waals surface area contributed by atoms with Crippen LogP contribution in [0.4, 0.5) is 27.6 Å². The first-order chi connectivity index (χ1) is 10.7. The molecule has 122 valence electrons. The van der Waals surface area contributed by atoms with Crippen molar-refractivity contribution < 1.29 is 26.7 Å². The summed E-state index contributed by atoms with van der Waals surface area (Å²) in [6.07, 6.45) is 1.11. The smallest absolute Gasteiger partial charge is 0.322 e. The molecule has 0 saturated heterocycles. The average molecular weight is 460 g/mol. The summed E-state index contributed by atoms with van der Waals surface area (Å²) < 4.78 is 64.0. The molecule has 1 N–H and O–H groups in total. The fourth-order valence-corrected chi connectivity index (χ4v) is 2.50. The fraction of sp³-hybridized carbons (Fsp3) is 0.0769. The summed E-state index contributed by atoms with van der Waals surface area (Å²) in [5.41, 5.74) is -5.18. The first kappa shape index (κ1) is 17.9. The molecule has 0 aliphatic rings. The van der Waals surface area contributed by atoms with Crippen molar-refractivity contribution in [3.63, 3.8) is 0 Å². The van der Waals surface area contributed by atoms with Crippen molar-refractivity contribution in [1.82, 2.24) is 4.98 Å². The summed E-state index contributed by atoms with van der Waals surface area (Å²) in [6.45, 7) is 0. The second-order valence-corrected chi connectivity index (χ2v) is 6.24. The molecule has 0 spiro atoms.